The summed E-state index contributed by atoms with van der Waals surface area (Å²) in [7, 11) is -4.42. The number of allylic oxidation sites excluding steroid dienone is 1. The highest BCUT2D eigenvalue weighted by Crippen LogP contribution is 2.38. The van der Waals surface area contributed by atoms with Crippen LogP contribution in [0, 0.1) is 6.57 Å². The summed E-state index contributed by atoms with van der Waals surface area (Å²) >= 11 is 0. The molecular formula is C28H54NO6P. The third kappa shape index (κ3) is 26.3. The summed E-state index contributed by atoms with van der Waals surface area (Å²) in [5.74, 6) is 0. The molecular weight excluding hydrogens is 477 g/mol. The van der Waals surface area contributed by atoms with E-state index in [1.807, 2.05) is 6.08 Å². The van der Waals surface area contributed by atoms with E-state index in [0.29, 0.717) is 13.2 Å². The van der Waals surface area contributed by atoms with Crippen molar-refractivity contribution < 1.29 is 28.0 Å². The molecule has 7 nitrogen and oxygen atoms in total. The highest BCUT2D eigenvalue weighted by Gasteiger charge is 2.16. The third-order valence-corrected chi connectivity index (χ3v) is 6.95. The first-order valence-electron chi connectivity index (χ1n) is 14.3. The number of unbranched alkanes of at least 4 members (excludes halogenated alkanes) is 15. The molecule has 36 heavy (non-hydrogen) atoms. The van der Waals surface area contributed by atoms with Gasteiger partial charge in [-0.05, 0) is 25.7 Å². The van der Waals surface area contributed by atoms with Crippen molar-refractivity contribution in [2.45, 2.75) is 122 Å². The minimum atomic E-state index is -4.42. The number of phosphoric acid groups is 1. The van der Waals surface area contributed by atoms with Gasteiger partial charge in [0.15, 0.2) is 0 Å². The van der Waals surface area contributed by atoms with Gasteiger partial charge >= 0.3 is 0 Å². The lowest BCUT2D eigenvalue weighted by atomic mass is 10.0. The Morgan fingerprint density at radius 3 is 1.92 bits per heavy atom. The summed E-state index contributed by atoms with van der Waals surface area (Å²) in [4.78, 5) is 15.2. The summed E-state index contributed by atoms with van der Waals surface area (Å²) in [6, 6.07) is 0. The molecule has 0 aliphatic carbocycles. The average molecular weight is 532 g/mol. The molecule has 0 aliphatic heterocycles. The van der Waals surface area contributed by atoms with Crippen LogP contribution in [-0.2, 0) is 23.1 Å². The quantitative estimate of drug-likeness (QED) is 0.0559. The molecule has 0 saturated heterocycles. The SMILES string of the molecule is C#[N+]CCOP(=O)([O-])OCC(COCCCCCCCCCCCCCCCC)OCCCCC=C. The fraction of sp³-hybridized carbons (Fsp3) is 0.893. The Bertz CT molecular complexity index is 569. The molecule has 0 fully saturated rings. The Morgan fingerprint density at radius 2 is 1.36 bits per heavy atom. The van der Waals surface area contributed by atoms with Crippen LogP contribution in [-0.4, -0.2) is 45.7 Å². The lowest BCUT2D eigenvalue weighted by Crippen LogP contribution is -2.27. The van der Waals surface area contributed by atoms with Crippen molar-refractivity contribution in [1.29, 1.82) is 0 Å². The van der Waals surface area contributed by atoms with E-state index in [4.69, 9.17) is 25.1 Å². The normalized spacial score (nSPS) is 13.8. The van der Waals surface area contributed by atoms with Gasteiger partial charge in [-0.1, -0.05) is 101 Å². The lowest BCUT2D eigenvalue weighted by Gasteiger charge is -2.25. The van der Waals surface area contributed by atoms with Crippen molar-refractivity contribution in [3.05, 3.63) is 17.5 Å². The molecule has 0 amide bonds. The first-order chi connectivity index (χ1) is 17.6. The fourth-order valence-corrected chi connectivity index (χ4v) is 4.54. The maximum absolute atomic E-state index is 11.8. The third-order valence-electron chi connectivity index (χ3n) is 5.99. The van der Waals surface area contributed by atoms with Gasteiger partial charge in [0.1, 0.15) is 12.7 Å². The Balaban J connectivity index is 3.85. The largest absolute Gasteiger partial charge is 0.756 e. The van der Waals surface area contributed by atoms with Gasteiger partial charge in [0.25, 0.3) is 20.9 Å². The molecule has 0 aliphatic rings. The predicted molar refractivity (Wildman–Crippen MR) is 148 cm³/mol. The second-order valence-electron chi connectivity index (χ2n) is 9.43. The second kappa shape index (κ2) is 27.3. The Kier molecular flexibility index (Phi) is 26.7. The van der Waals surface area contributed by atoms with Crippen LogP contribution < -0.4 is 4.89 Å². The van der Waals surface area contributed by atoms with Crippen molar-refractivity contribution in [1.82, 2.24) is 0 Å². The summed E-state index contributed by atoms with van der Waals surface area (Å²) in [5.41, 5.74) is 0. The number of hydrogen-bond donors (Lipinski definition) is 0. The molecule has 8 heteroatoms. The van der Waals surface area contributed by atoms with E-state index in [0.717, 1.165) is 32.1 Å². The number of rotatable bonds is 29. The molecule has 212 valence electrons. The predicted octanol–water partition coefficient (Wildman–Crippen LogP) is 7.69. The lowest BCUT2D eigenvalue weighted by molar-refractivity contribution is -0.228. The summed E-state index contributed by atoms with van der Waals surface area (Å²) < 4.78 is 33.1. The number of phosphoric ester groups is 1. The summed E-state index contributed by atoms with van der Waals surface area (Å²) in [5, 5.41) is 0. The molecule has 0 aromatic heterocycles. The van der Waals surface area contributed by atoms with Crippen LogP contribution in [0.2, 0.25) is 0 Å². The molecule has 0 aromatic rings. The highest BCUT2D eigenvalue weighted by atomic mass is 31.2. The Morgan fingerprint density at radius 1 is 0.806 bits per heavy atom. The zero-order chi connectivity index (χ0) is 26.6. The molecule has 0 aromatic carbocycles. The van der Waals surface area contributed by atoms with E-state index in [-0.39, 0.29) is 26.4 Å². The summed E-state index contributed by atoms with van der Waals surface area (Å²) in [6.45, 7) is 12.2. The van der Waals surface area contributed by atoms with E-state index in [2.05, 4.69) is 18.3 Å². The zero-order valence-corrected chi connectivity index (χ0v) is 23.9. The van der Waals surface area contributed by atoms with Gasteiger partial charge in [-0.15, -0.1) is 6.58 Å². The molecule has 0 rings (SSSR count). The average Bonchev–Trinajstić information content (AvgIpc) is 2.86. The van der Waals surface area contributed by atoms with Gasteiger partial charge in [0, 0.05) is 13.2 Å². The van der Waals surface area contributed by atoms with E-state index < -0.39 is 13.9 Å². The van der Waals surface area contributed by atoms with Crippen LogP contribution >= 0.6 is 7.82 Å². The Labute approximate surface area is 221 Å². The Hall–Kier alpha value is -0.740. The van der Waals surface area contributed by atoms with Crippen molar-refractivity contribution in [2.24, 2.45) is 0 Å². The van der Waals surface area contributed by atoms with Gasteiger partial charge < -0.3 is 23.4 Å². The van der Waals surface area contributed by atoms with Crippen molar-refractivity contribution in [3.63, 3.8) is 0 Å². The standard InChI is InChI=1S/C28H54NO6P/c1-4-6-8-10-11-12-13-14-15-16-17-18-19-20-23-32-26-28(33-24-21-9-7-5-2)27-35-36(30,31)34-25-22-29-3/h3,5,28H,2,4,6-27H2,1H3. The fourth-order valence-electron chi connectivity index (χ4n) is 3.82. The van der Waals surface area contributed by atoms with Crippen LogP contribution in [0.5, 0.6) is 0 Å². The van der Waals surface area contributed by atoms with Gasteiger partial charge in [0.2, 0.25) is 0 Å². The zero-order valence-electron chi connectivity index (χ0n) is 23.0. The summed E-state index contributed by atoms with van der Waals surface area (Å²) in [6.07, 6.45) is 22.6. The van der Waals surface area contributed by atoms with Crippen LogP contribution in [0.25, 0.3) is 4.85 Å². The smallest absolute Gasteiger partial charge is 0.286 e. The molecule has 0 saturated carbocycles. The first kappa shape index (κ1) is 35.3. The van der Waals surface area contributed by atoms with Crippen molar-refractivity contribution in [2.75, 3.05) is 39.6 Å². The molecule has 0 heterocycles. The molecule has 0 spiro atoms. The molecule has 0 bridgehead atoms. The van der Waals surface area contributed by atoms with E-state index in [1.54, 1.807) is 0 Å². The van der Waals surface area contributed by atoms with Gasteiger partial charge in [-0.25, -0.2) is 0 Å². The van der Waals surface area contributed by atoms with Crippen LogP contribution in [0.1, 0.15) is 116 Å². The molecule has 0 N–H and O–H groups in total. The van der Waals surface area contributed by atoms with Gasteiger partial charge in [0.05, 0.1) is 13.2 Å². The molecule has 2 unspecified atom stereocenters. The van der Waals surface area contributed by atoms with Crippen molar-refractivity contribution >= 4 is 7.82 Å². The minimum Gasteiger partial charge on any atom is -0.756 e. The van der Waals surface area contributed by atoms with E-state index in [9.17, 15) is 9.46 Å². The van der Waals surface area contributed by atoms with Gasteiger partial charge in [-0.3, -0.25) is 4.57 Å². The van der Waals surface area contributed by atoms with Crippen LogP contribution in [0.3, 0.4) is 0 Å². The van der Waals surface area contributed by atoms with E-state index in [1.165, 1.54) is 77.0 Å². The minimum absolute atomic E-state index is 0.0845. The number of hydrogen-bond acceptors (Lipinski definition) is 6. The number of nitrogens with zero attached hydrogens (tertiary/aromatic N) is 1. The van der Waals surface area contributed by atoms with Crippen LogP contribution in [0.4, 0.5) is 0 Å². The van der Waals surface area contributed by atoms with E-state index >= 15 is 0 Å². The van der Waals surface area contributed by atoms with Crippen molar-refractivity contribution in [3.8, 4) is 6.57 Å². The maximum atomic E-state index is 11.8. The monoisotopic (exact) mass is 531 g/mol. The topological polar surface area (TPSA) is 81.4 Å². The molecule has 2 atom stereocenters. The number of ether oxygens (including phenoxy) is 2. The van der Waals surface area contributed by atoms with Crippen LogP contribution in [0.15, 0.2) is 12.7 Å². The first-order valence-corrected chi connectivity index (χ1v) is 15.8. The second-order valence-corrected chi connectivity index (χ2v) is 10.8. The maximum Gasteiger partial charge on any atom is 0.286 e. The molecule has 0 radical (unpaired) electrons. The highest BCUT2D eigenvalue weighted by molar-refractivity contribution is 7.45. The van der Waals surface area contributed by atoms with Gasteiger partial charge in [-0.2, -0.15) is 0 Å².